The highest BCUT2D eigenvalue weighted by molar-refractivity contribution is 6.29. The minimum atomic E-state index is -0.403. The quantitative estimate of drug-likeness (QED) is 0.273. The summed E-state index contributed by atoms with van der Waals surface area (Å²) in [6.07, 6.45) is 5.56. The Balaban J connectivity index is 1.50. The van der Waals surface area contributed by atoms with Crippen LogP contribution in [-0.4, -0.2) is 43.3 Å². The first-order chi connectivity index (χ1) is 13.5. The van der Waals surface area contributed by atoms with Crippen molar-refractivity contribution in [1.82, 2.24) is 19.6 Å². The minimum absolute atomic E-state index is 0.0118. The van der Waals surface area contributed by atoms with Gasteiger partial charge in [0, 0.05) is 31.5 Å². The summed E-state index contributed by atoms with van der Waals surface area (Å²) >= 11 is 11.9. The molecule has 1 aliphatic carbocycles. The van der Waals surface area contributed by atoms with Crippen LogP contribution >= 0.6 is 23.2 Å². The Morgan fingerprint density at radius 2 is 2.18 bits per heavy atom. The van der Waals surface area contributed by atoms with Gasteiger partial charge in [0.1, 0.15) is 11.3 Å². The molecule has 2 aromatic rings. The van der Waals surface area contributed by atoms with Gasteiger partial charge in [-0.2, -0.15) is 5.10 Å². The summed E-state index contributed by atoms with van der Waals surface area (Å²) in [5.74, 6) is 0.246. The maximum absolute atomic E-state index is 11.8. The number of aromatic nitrogens is 4. The fourth-order valence-corrected chi connectivity index (χ4v) is 3.96. The molecule has 0 spiro atoms. The summed E-state index contributed by atoms with van der Waals surface area (Å²) in [4.78, 5) is 11.4. The summed E-state index contributed by atoms with van der Waals surface area (Å²) in [6.45, 7) is 1.41. The van der Waals surface area contributed by atoms with Crippen molar-refractivity contribution in [1.29, 1.82) is 0 Å². The van der Waals surface area contributed by atoms with Crippen molar-refractivity contribution in [3.8, 4) is 5.88 Å². The second-order valence-electron chi connectivity index (χ2n) is 7.08. The molecule has 11 heteroatoms. The van der Waals surface area contributed by atoms with Crippen molar-refractivity contribution in [3.63, 3.8) is 0 Å². The van der Waals surface area contributed by atoms with Gasteiger partial charge in [-0.15, -0.1) is 5.10 Å². The third-order valence-electron chi connectivity index (χ3n) is 4.97. The monoisotopic (exact) mass is 429 g/mol. The number of rotatable bonds is 8. The van der Waals surface area contributed by atoms with E-state index in [4.69, 9.17) is 32.7 Å². The zero-order valence-electron chi connectivity index (χ0n) is 15.2. The van der Waals surface area contributed by atoms with Crippen molar-refractivity contribution in [3.05, 3.63) is 33.2 Å². The highest BCUT2D eigenvalue weighted by Crippen LogP contribution is 2.49. The number of nitro groups is 1. The predicted molar refractivity (Wildman–Crippen MR) is 102 cm³/mol. The van der Waals surface area contributed by atoms with Gasteiger partial charge in [0.05, 0.1) is 24.2 Å². The zero-order valence-corrected chi connectivity index (χ0v) is 16.7. The molecular weight excluding hydrogens is 409 g/mol. The standard InChI is InChI=1S/C17H21Cl2N5O4/c18-13-4-7-22(20-13)6-1-8-28-17-16(24(25)26)15(11-2-3-11)23(21-17)12-5-9-27-14(19)10-12/h4,7,11-12,14H,1-3,5-6,8-10H2. The van der Waals surface area contributed by atoms with Gasteiger partial charge in [0.15, 0.2) is 5.15 Å². The van der Waals surface area contributed by atoms with Crippen LogP contribution in [0.25, 0.3) is 0 Å². The topological polar surface area (TPSA) is 97.2 Å². The molecule has 28 heavy (non-hydrogen) atoms. The third-order valence-corrected chi connectivity index (χ3v) is 5.47. The molecule has 9 nitrogen and oxygen atoms in total. The first-order valence-electron chi connectivity index (χ1n) is 9.37. The molecule has 1 saturated carbocycles. The van der Waals surface area contributed by atoms with E-state index in [-0.39, 0.29) is 28.5 Å². The molecule has 2 fully saturated rings. The van der Waals surface area contributed by atoms with Crippen LogP contribution in [0.2, 0.25) is 5.15 Å². The smallest absolute Gasteiger partial charge is 0.353 e. The molecule has 2 aromatic heterocycles. The number of halogens is 2. The summed E-state index contributed by atoms with van der Waals surface area (Å²) in [6, 6.07) is 1.68. The number of hydrogen-bond acceptors (Lipinski definition) is 6. The molecule has 0 radical (unpaired) electrons. The fraction of sp³-hybridized carbons (Fsp3) is 0.647. The average molecular weight is 430 g/mol. The highest BCUT2D eigenvalue weighted by atomic mass is 35.5. The van der Waals surface area contributed by atoms with Gasteiger partial charge in [-0.05, 0) is 25.3 Å². The van der Waals surface area contributed by atoms with Crippen LogP contribution in [0.5, 0.6) is 5.88 Å². The second-order valence-corrected chi connectivity index (χ2v) is 7.95. The van der Waals surface area contributed by atoms with E-state index in [9.17, 15) is 10.1 Å². The van der Waals surface area contributed by atoms with Crippen molar-refractivity contribution in [2.45, 2.75) is 56.2 Å². The SMILES string of the molecule is O=[N+]([O-])c1c(OCCCn2ccc(Cl)n2)nn(C2CCOC(Cl)C2)c1C1CC1. The average Bonchev–Trinajstić information content (AvgIpc) is 3.30. The van der Waals surface area contributed by atoms with Crippen molar-refractivity contribution < 1.29 is 14.4 Å². The summed E-state index contributed by atoms with van der Waals surface area (Å²) in [7, 11) is 0. The largest absolute Gasteiger partial charge is 0.472 e. The molecule has 0 N–H and O–H groups in total. The van der Waals surface area contributed by atoms with Gasteiger partial charge in [-0.25, -0.2) is 0 Å². The normalized spacial score (nSPS) is 22.4. The van der Waals surface area contributed by atoms with Crippen LogP contribution < -0.4 is 4.74 Å². The van der Waals surface area contributed by atoms with Crippen LogP contribution in [0.4, 0.5) is 5.69 Å². The Hall–Kier alpha value is -1.84. The second kappa shape index (κ2) is 8.26. The van der Waals surface area contributed by atoms with Crippen molar-refractivity contribution in [2.75, 3.05) is 13.2 Å². The molecule has 0 bridgehead atoms. The number of aryl methyl sites for hydroxylation is 1. The predicted octanol–water partition coefficient (Wildman–Crippen LogP) is 3.90. The van der Waals surface area contributed by atoms with E-state index in [0.717, 1.165) is 19.3 Å². The van der Waals surface area contributed by atoms with E-state index >= 15 is 0 Å². The maximum atomic E-state index is 11.8. The first kappa shape index (κ1) is 19.5. The molecule has 0 aromatic carbocycles. The van der Waals surface area contributed by atoms with Crippen LogP contribution in [0.3, 0.4) is 0 Å². The number of hydrogen-bond donors (Lipinski definition) is 0. The van der Waals surface area contributed by atoms with E-state index in [2.05, 4.69) is 10.2 Å². The number of ether oxygens (including phenoxy) is 2. The fourth-order valence-electron chi connectivity index (χ4n) is 3.51. The summed E-state index contributed by atoms with van der Waals surface area (Å²) in [5, 5.41) is 20.8. The third kappa shape index (κ3) is 4.26. The van der Waals surface area contributed by atoms with Gasteiger partial charge in [0.2, 0.25) is 0 Å². The Bertz CT molecular complexity index is 851. The number of alkyl halides is 1. The summed E-state index contributed by atoms with van der Waals surface area (Å²) in [5.41, 5.74) is 0.246. The molecule has 1 aliphatic heterocycles. The molecule has 152 valence electrons. The lowest BCUT2D eigenvalue weighted by atomic mass is 10.1. The molecule has 2 atom stereocenters. The van der Waals surface area contributed by atoms with Crippen molar-refractivity contribution in [2.24, 2.45) is 0 Å². The molecule has 0 amide bonds. The molecule has 1 saturated heterocycles. The Morgan fingerprint density at radius 3 is 2.82 bits per heavy atom. The van der Waals surface area contributed by atoms with Crippen molar-refractivity contribution >= 4 is 28.9 Å². The lowest BCUT2D eigenvalue weighted by Gasteiger charge is -2.27. The summed E-state index contributed by atoms with van der Waals surface area (Å²) < 4.78 is 14.6. The lowest BCUT2D eigenvalue weighted by molar-refractivity contribution is -0.386. The van der Waals surface area contributed by atoms with Gasteiger partial charge in [0.25, 0.3) is 0 Å². The Labute approximate surface area is 171 Å². The van der Waals surface area contributed by atoms with E-state index in [1.165, 1.54) is 0 Å². The van der Waals surface area contributed by atoms with E-state index in [1.807, 2.05) is 0 Å². The number of nitrogens with zero attached hydrogens (tertiary/aromatic N) is 5. The van der Waals surface area contributed by atoms with Gasteiger partial charge in [-0.3, -0.25) is 19.5 Å². The molecule has 2 aliphatic rings. The van der Waals surface area contributed by atoms with Crippen LogP contribution in [0, 0.1) is 10.1 Å². The lowest BCUT2D eigenvalue weighted by Crippen LogP contribution is -2.26. The molecular formula is C17H21Cl2N5O4. The Morgan fingerprint density at radius 1 is 1.36 bits per heavy atom. The minimum Gasteiger partial charge on any atom is -0.472 e. The highest BCUT2D eigenvalue weighted by Gasteiger charge is 2.41. The molecule has 3 heterocycles. The van der Waals surface area contributed by atoms with Crippen LogP contribution in [0.15, 0.2) is 12.3 Å². The van der Waals surface area contributed by atoms with Crippen LogP contribution in [0.1, 0.15) is 49.8 Å². The molecule has 4 rings (SSSR count). The van der Waals surface area contributed by atoms with E-state index in [1.54, 1.807) is 21.6 Å². The Kier molecular flexibility index (Phi) is 5.75. The maximum Gasteiger partial charge on any atom is 0.353 e. The van der Waals surface area contributed by atoms with Gasteiger partial charge in [-0.1, -0.05) is 23.2 Å². The van der Waals surface area contributed by atoms with Gasteiger partial charge < -0.3 is 9.47 Å². The van der Waals surface area contributed by atoms with E-state index in [0.29, 0.717) is 43.4 Å². The van der Waals surface area contributed by atoms with Gasteiger partial charge >= 0.3 is 11.6 Å². The first-order valence-corrected chi connectivity index (χ1v) is 10.2. The van der Waals surface area contributed by atoms with E-state index < -0.39 is 5.56 Å². The zero-order chi connectivity index (χ0) is 19.7. The van der Waals surface area contributed by atoms with Crippen LogP contribution in [-0.2, 0) is 11.3 Å². The molecule has 2 unspecified atom stereocenters.